The molecule has 0 bridgehead atoms. The fourth-order valence-electron chi connectivity index (χ4n) is 4.41. The van der Waals surface area contributed by atoms with Gasteiger partial charge in [0.15, 0.2) is 5.82 Å². The molecular weight excluding hydrogens is 404 g/mol. The minimum absolute atomic E-state index is 0.0785. The highest BCUT2D eigenvalue weighted by Gasteiger charge is 2.27. The highest BCUT2D eigenvalue weighted by atomic mass is 16.2. The third-order valence-corrected chi connectivity index (χ3v) is 6.24. The third-order valence-electron chi connectivity index (χ3n) is 6.24. The number of carbonyl (C=O) groups excluding carboxylic acids is 1. The summed E-state index contributed by atoms with van der Waals surface area (Å²) in [5.74, 6) is 1.01. The lowest BCUT2D eigenvalue weighted by molar-refractivity contribution is -0.129. The van der Waals surface area contributed by atoms with Gasteiger partial charge in [0.1, 0.15) is 5.69 Å². The molecule has 32 heavy (non-hydrogen) atoms. The molecule has 1 amide bonds. The van der Waals surface area contributed by atoms with E-state index in [1.807, 2.05) is 36.7 Å². The predicted molar refractivity (Wildman–Crippen MR) is 121 cm³/mol. The number of amides is 1. The first-order chi connectivity index (χ1) is 15.6. The van der Waals surface area contributed by atoms with Crippen LogP contribution >= 0.6 is 0 Å². The van der Waals surface area contributed by atoms with Gasteiger partial charge in [0.25, 0.3) is 0 Å². The van der Waals surface area contributed by atoms with Gasteiger partial charge in [-0.2, -0.15) is 5.10 Å². The summed E-state index contributed by atoms with van der Waals surface area (Å²) in [6.45, 7) is 7.48. The SMILES string of the molecule is CC(=O)N1CCc2nc(N3CCN(Cc4ccncc4)CC3)c(-c3cnn(C)c3)nc2C1. The maximum atomic E-state index is 11.9. The van der Waals surface area contributed by atoms with Crippen molar-refractivity contribution in [3.05, 3.63) is 53.9 Å². The minimum Gasteiger partial charge on any atom is -0.352 e. The molecule has 2 aliphatic rings. The van der Waals surface area contributed by atoms with E-state index in [9.17, 15) is 4.79 Å². The molecule has 1 fully saturated rings. The third kappa shape index (κ3) is 4.20. The first-order valence-corrected chi connectivity index (χ1v) is 11.1. The summed E-state index contributed by atoms with van der Waals surface area (Å²) >= 11 is 0. The van der Waals surface area contributed by atoms with Crippen LogP contribution in [0.1, 0.15) is 23.9 Å². The first kappa shape index (κ1) is 20.6. The van der Waals surface area contributed by atoms with E-state index in [-0.39, 0.29) is 5.91 Å². The number of hydrogen-bond acceptors (Lipinski definition) is 7. The van der Waals surface area contributed by atoms with Crippen LogP contribution in [0, 0.1) is 0 Å². The number of anilines is 1. The molecule has 0 saturated carbocycles. The van der Waals surface area contributed by atoms with Crippen LogP contribution in [0.4, 0.5) is 5.82 Å². The fraction of sp³-hybridized carbons (Fsp3) is 0.435. The van der Waals surface area contributed by atoms with Gasteiger partial charge in [0.05, 0.1) is 24.1 Å². The van der Waals surface area contributed by atoms with Crippen molar-refractivity contribution in [1.29, 1.82) is 0 Å². The molecular formula is C23H28N8O. The molecule has 0 aromatic carbocycles. The van der Waals surface area contributed by atoms with Gasteiger partial charge in [-0.1, -0.05) is 0 Å². The molecule has 0 radical (unpaired) electrons. The number of piperazine rings is 1. The van der Waals surface area contributed by atoms with Gasteiger partial charge in [-0.25, -0.2) is 9.97 Å². The fourth-order valence-corrected chi connectivity index (χ4v) is 4.41. The predicted octanol–water partition coefficient (Wildman–Crippen LogP) is 1.50. The minimum atomic E-state index is 0.0785. The Morgan fingerprint density at radius 3 is 2.50 bits per heavy atom. The van der Waals surface area contributed by atoms with E-state index in [4.69, 9.17) is 9.97 Å². The quantitative estimate of drug-likeness (QED) is 0.618. The van der Waals surface area contributed by atoms with Crippen LogP contribution in [0.25, 0.3) is 11.3 Å². The lowest BCUT2D eigenvalue weighted by Crippen LogP contribution is -2.46. The summed E-state index contributed by atoms with van der Waals surface area (Å²) in [7, 11) is 1.91. The number of nitrogens with zero attached hydrogens (tertiary/aromatic N) is 8. The van der Waals surface area contributed by atoms with Gasteiger partial charge in [0, 0.05) is 83.8 Å². The maximum Gasteiger partial charge on any atom is 0.219 e. The summed E-state index contributed by atoms with van der Waals surface area (Å²) in [4.78, 5) is 32.7. The van der Waals surface area contributed by atoms with Crippen molar-refractivity contribution in [3.63, 3.8) is 0 Å². The lowest BCUT2D eigenvalue weighted by Gasteiger charge is -2.36. The van der Waals surface area contributed by atoms with E-state index in [2.05, 4.69) is 32.0 Å². The average molecular weight is 433 g/mol. The van der Waals surface area contributed by atoms with Gasteiger partial charge < -0.3 is 9.80 Å². The van der Waals surface area contributed by atoms with Gasteiger partial charge in [-0.05, 0) is 17.7 Å². The van der Waals surface area contributed by atoms with E-state index in [0.717, 1.165) is 67.6 Å². The highest BCUT2D eigenvalue weighted by molar-refractivity contribution is 5.74. The molecule has 1 saturated heterocycles. The Bertz CT molecular complexity index is 1100. The summed E-state index contributed by atoms with van der Waals surface area (Å²) in [5.41, 5.74) is 4.99. The Labute approximate surface area is 187 Å². The Balaban J connectivity index is 1.40. The average Bonchev–Trinajstić information content (AvgIpc) is 3.25. The number of aryl methyl sites for hydroxylation is 1. The number of rotatable bonds is 4. The summed E-state index contributed by atoms with van der Waals surface area (Å²) in [6, 6.07) is 4.15. The second-order valence-corrected chi connectivity index (χ2v) is 8.50. The Hall–Kier alpha value is -3.33. The number of pyridine rings is 1. The van der Waals surface area contributed by atoms with Crippen molar-refractivity contribution >= 4 is 11.7 Å². The van der Waals surface area contributed by atoms with Gasteiger partial charge >= 0.3 is 0 Å². The van der Waals surface area contributed by atoms with Crippen LogP contribution in [-0.2, 0) is 31.4 Å². The molecule has 0 atom stereocenters. The summed E-state index contributed by atoms with van der Waals surface area (Å²) in [6.07, 6.45) is 8.25. The van der Waals surface area contributed by atoms with E-state index in [1.165, 1.54) is 5.56 Å². The van der Waals surface area contributed by atoms with E-state index in [1.54, 1.807) is 11.6 Å². The molecule has 2 aliphatic heterocycles. The van der Waals surface area contributed by atoms with Crippen LogP contribution in [0.3, 0.4) is 0 Å². The van der Waals surface area contributed by atoms with Crippen molar-refractivity contribution < 1.29 is 4.79 Å². The molecule has 0 aliphatic carbocycles. The van der Waals surface area contributed by atoms with Crippen molar-refractivity contribution in [2.24, 2.45) is 7.05 Å². The van der Waals surface area contributed by atoms with Crippen LogP contribution in [0.5, 0.6) is 0 Å². The number of carbonyl (C=O) groups is 1. The van der Waals surface area contributed by atoms with E-state index >= 15 is 0 Å². The van der Waals surface area contributed by atoms with Crippen LogP contribution in [0.15, 0.2) is 36.9 Å². The zero-order valence-electron chi connectivity index (χ0n) is 18.6. The zero-order chi connectivity index (χ0) is 22.1. The van der Waals surface area contributed by atoms with Crippen molar-refractivity contribution in [1.82, 2.24) is 34.5 Å². The van der Waals surface area contributed by atoms with E-state index in [0.29, 0.717) is 13.1 Å². The molecule has 0 unspecified atom stereocenters. The van der Waals surface area contributed by atoms with Crippen molar-refractivity contribution in [2.75, 3.05) is 37.6 Å². The van der Waals surface area contributed by atoms with E-state index < -0.39 is 0 Å². The molecule has 0 N–H and O–H groups in total. The molecule has 3 aromatic heterocycles. The lowest BCUT2D eigenvalue weighted by atomic mass is 10.1. The van der Waals surface area contributed by atoms with Gasteiger partial charge in [-0.3, -0.25) is 19.4 Å². The van der Waals surface area contributed by atoms with Crippen LogP contribution < -0.4 is 4.90 Å². The molecule has 0 spiro atoms. The second kappa shape index (κ2) is 8.66. The molecule has 9 heteroatoms. The number of aromatic nitrogens is 5. The first-order valence-electron chi connectivity index (χ1n) is 11.1. The molecule has 5 rings (SSSR count). The molecule has 5 heterocycles. The van der Waals surface area contributed by atoms with Crippen LogP contribution in [-0.4, -0.2) is 73.2 Å². The Morgan fingerprint density at radius 2 is 1.81 bits per heavy atom. The highest BCUT2D eigenvalue weighted by Crippen LogP contribution is 2.31. The Morgan fingerprint density at radius 1 is 1.03 bits per heavy atom. The van der Waals surface area contributed by atoms with Crippen LogP contribution in [0.2, 0.25) is 0 Å². The van der Waals surface area contributed by atoms with Crippen molar-refractivity contribution in [2.45, 2.75) is 26.4 Å². The van der Waals surface area contributed by atoms with Gasteiger partial charge in [0.2, 0.25) is 5.91 Å². The molecule has 166 valence electrons. The molecule has 9 nitrogen and oxygen atoms in total. The summed E-state index contributed by atoms with van der Waals surface area (Å²) < 4.78 is 1.79. The zero-order valence-corrected chi connectivity index (χ0v) is 18.6. The summed E-state index contributed by atoms with van der Waals surface area (Å²) in [5, 5.41) is 4.35. The Kier molecular flexibility index (Phi) is 5.57. The maximum absolute atomic E-state index is 11.9. The number of fused-ring (bicyclic) bond motifs is 1. The standard InChI is InChI=1S/C23H28N8O/c1-17(32)31-8-5-20-21(16-31)26-22(19-13-25-28(2)15-19)23(27-20)30-11-9-29(10-12-30)14-18-3-6-24-7-4-18/h3-4,6-7,13,15H,5,8-12,14,16H2,1-2H3. The number of hydrogen-bond donors (Lipinski definition) is 0. The van der Waals surface area contributed by atoms with Crippen molar-refractivity contribution in [3.8, 4) is 11.3 Å². The largest absolute Gasteiger partial charge is 0.352 e. The monoisotopic (exact) mass is 432 g/mol. The molecule has 3 aromatic rings. The van der Waals surface area contributed by atoms with Gasteiger partial charge in [-0.15, -0.1) is 0 Å². The second-order valence-electron chi connectivity index (χ2n) is 8.50. The normalized spacial score (nSPS) is 16.8. The smallest absolute Gasteiger partial charge is 0.219 e. The topological polar surface area (TPSA) is 83.3 Å².